The van der Waals surface area contributed by atoms with E-state index in [1.165, 1.54) is 34.1 Å². The molecule has 0 radical (unpaired) electrons. The summed E-state index contributed by atoms with van der Waals surface area (Å²) in [5, 5.41) is 8.14. The highest BCUT2D eigenvalue weighted by atomic mass is 32.2. The molecule has 1 atom stereocenters. The van der Waals surface area contributed by atoms with Crippen LogP contribution in [0.15, 0.2) is 53.7 Å². The van der Waals surface area contributed by atoms with Crippen molar-refractivity contribution in [1.29, 1.82) is 0 Å². The fourth-order valence-electron chi connectivity index (χ4n) is 3.18. The van der Waals surface area contributed by atoms with Gasteiger partial charge in [0.1, 0.15) is 5.82 Å². The van der Waals surface area contributed by atoms with Gasteiger partial charge in [0.25, 0.3) is 0 Å². The Balaban J connectivity index is 1.52. The minimum atomic E-state index is -0.386. The molecule has 0 bridgehead atoms. The fraction of sp³-hybridized carbons (Fsp3) is 0.211. The third kappa shape index (κ3) is 3.28. The second-order valence-corrected chi connectivity index (χ2v) is 7.62. The van der Waals surface area contributed by atoms with Crippen LogP contribution in [0, 0.1) is 5.82 Å². The number of hydrogen-bond acceptors (Lipinski definition) is 5. The van der Waals surface area contributed by atoms with E-state index in [-0.39, 0.29) is 17.0 Å². The third-order valence-corrected chi connectivity index (χ3v) is 5.57. The number of fused-ring (bicyclic) bond motifs is 1. The van der Waals surface area contributed by atoms with Gasteiger partial charge in [-0.25, -0.2) is 9.07 Å². The number of anilines is 1. The summed E-state index contributed by atoms with van der Waals surface area (Å²) in [4.78, 5) is 14.7. The zero-order chi connectivity index (χ0) is 19.0. The molecular formula is C19H18FN5OS. The SMILES string of the molecule is C[C@@H](Sc1nnc(-c2cccc(F)c2)n1N)C(=O)N1CCc2ccccc21. The van der Waals surface area contributed by atoms with Gasteiger partial charge in [-0.2, -0.15) is 0 Å². The summed E-state index contributed by atoms with van der Waals surface area (Å²) in [5.74, 6) is 6.06. The Hall–Kier alpha value is -2.87. The summed E-state index contributed by atoms with van der Waals surface area (Å²) in [6.07, 6.45) is 0.857. The number of carbonyl (C=O) groups excluding carboxylic acids is 1. The lowest BCUT2D eigenvalue weighted by Gasteiger charge is -2.21. The second-order valence-electron chi connectivity index (χ2n) is 6.32. The average molecular weight is 383 g/mol. The Bertz CT molecular complexity index is 1010. The topological polar surface area (TPSA) is 77.0 Å². The van der Waals surface area contributed by atoms with Crippen molar-refractivity contribution in [2.24, 2.45) is 0 Å². The summed E-state index contributed by atoms with van der Waals surface area (Å²) in [6, 6.07) is 13.9. The maximum Gasteiger partial charge on any atom is 0.240 e. The molecule has 1 aromatic heterocycles. The molecule has 2 heterocycles. The number of halogens is 1. The minimum absolute atomic E-state index is 0.000237. The first-order valence-electron chi connectivity index (χ1n) is 8.57. The number of benzene rings is 2. The van der Waals surface area contributed by atoms with Crippen LogP contribution in [-0.4, -0.2) is 32.6 Å². The first-order valence-corrected chi connectivity index (χ1v) is 9.45. The Labute approximate surface area is 160 Å². The van der Waals surface area contributed by atoms with Crippen LogP contribution < -0.4 is 10.7 Å². The summed E-state index contributed by atoms with van der Waals surface area (Å²) in [5.41, 5.74) is 2.67. The zero-order valence-electron chi connectivity index (χ0n) is 14.7. The quantitative estimate of drug-likeness (QED) is 0.554. The third-order valence-electron chi connectivity index (χ3n) is 4.53. The van der Waals surface area contributed by atoms with Crippen molar-refractivity contribution in [3.05, 3.63) is 59.9 Å². The van der Waals surface area contributed by atoms with Gasteiger partial charge in [0.05, 0.1) is 5.25 Å². The smallest absolute Gasteiger partial charge is 0.240 e. The van der Waals surface area contributed by atoms with Crippen LogP contribution in [-0.2, 0) is 11.2 Å². The Morgan fingerprint density at radius 3 is 2.85 bits per heavy atom. The largest absolute Gasteiger partial charge is 0.335 e. The summed E-state index contributed by atoms with van der Waals surface area (Å²) in [6.45, 7) is 2.50. The van der Waals surface area contributed by atoms with Gasteiger partial charge >= 0.3 is 0 Å². The van der Waals surface area contributed by atoms with Crippen LogP contribution in [0.25, 0.3) is 11.4 Å². The molecule has 2 aromatic carbocycles. The van der Waals surface area contributed by atoms with Gasteiger partial charge in [0.2, 0.25) is 11.1 Å². The predicted octanol–water partition coefficient (Wildman–Crippen LogP) is 2.87. The molecule has 6 nitrogen and oxygen atoms in total. The first kappa shape index (κ1) is 17.5. The zero-order valence-corrected chi connectivity index (χ0v) is 15.5. The Morgan fingerprint density at radius 2 is 2.04 bits per heavy atom. The van der Waals surface area contributed by atoms with Gasteiger partial charge < -0.3 is 10.7 Å². The van der Waals surface area contributed by atoms with Crippen LogP contribution in [0.5, 0.6) is 0 Å². The van der Waals surface area contributed by atoms with Crippen molar-refractivity contribution in [1.82, 2.24) is 14.9 Å². The van der Waals surface area contributed by atoms with E-state index in [1.807, 2.05) is 31.2 Å². The lowest BCUT2D eigenvalue weighted by atomic mass is 10.2. The fourth-order valence-corrected chi connectivity index (χ4v) is 4.01. The number of aromatic nitrogens is 3. The highest BCUT2D eigenvalue weighted by Gasteiger charge is 2.29. The normalized spacial score (nSPS) is 14.2. The maximum absolute atomic E-state index is 13.4. The van der Waals surface area contributed by atoms with E-state index in [4.69, 9.17) is 5.84 Å². The molecule has 0 aliphatic carbocycles. The van der Waals surface area contributed by atoms with Gasteiger partial charge in [-0.3, -0.25) is 4.79 Å². The van der Waals surface area contributed by atoms with E-state index >= 15 is 0 Å². The number of thioether (sulfide) groups is 1. The summed E-state index contributed by atoms with van der Waals surface area (Å²) >= 11 is 1.24. The molecule has 8 heteroatoms. The summed E-state index contributed by atoms with van der Waals surface area (Å²) < 4.78 is 14.7. The Morgan fingerprint density at radius 1 is 1.22 bits per heavy atom. The molecule has 2 N–H and O–H groups in total. The van der Waals surface area contributed by atoms with E-state index in [2.05, 4.69) is 10.2 Å². The highest BCUT2D eigenvalue weighted by molar-refractivity contribution is 8.00. The van der Waals surface area contributed by atoms with E-state index in [0.29, 0.717) is 23.1 Å². The van der Waals surface area contributed by atoms with E-state index in [1.54, 1.807) is 17.0 Å². The van der Waals surface area contributed by atoms with Gasteiger partial charge in [-0.15, -0.1) is 10.2 Å². The predicted molar refractivity (Wildman–Crippen MR) is 103 cm³/mol. The number of amides is 1. The number of nitrogens with zero attached hydrogens (tertiary/aromatic N) is 4. The van der Waals surface area contributed by atoms with Crippen molar-refractivity contribution >= 4 is 23.4 Å². The molecule has 0 saturated heterocycles. The van der Waals surface area contributed by atoms with E-state index < -0.39 is 0 Å². The van der Waals surface area contributed by atoms with Gasteiger partial charge in [0.15, 0.2) is 5.82 Å². The molecule has 0 unspecified atom stereocenters. The summed E-state index contributed by atoms with van der Waals surface area (Å²) in [7, 11) is 0. The molecule has 138 valence electrons. The average Bonchev–Trinajstić information content (AvgIpc) is 3.25. The number of para-hydroxylation sites is 1. The number of rotatable bonds is 4. The van der Waals surface area contributed by atoms with Crippen molar-refractivity contribution in [2.75, 3.05) is 17.3 Å². The van der Waals surface area contributed by atoms with Crippen LogP contribution in [0.1, 0.15) is 12.5 Å². The monoisotopic (exact) mass is 383 g/mol. The molecule has 0 fully saturated rings. The van der Waals surface area contributed by atoms with E-state index in [0.717, 1.165) is 12.1 Å². The van der Waals surface area contributed by atoms with Crippen LogP contribution in [0.2, 0.25) is 0 Å². The van der Waals surface area contributed by atoms with Crippen molar-refractivity contribution < 1.29 is 9.18 Å². The number of carbonyl (C=O) groups is 1. The van der Waals surface area contributed by atoms with Crippen LogP contribution in [0.4, 0.5) is 10.1 Å². The van der Waals surface area contributed by atoms with Crippen LogP contribution >= 0.6 is 11.8 Å². The van der Waals surface area contributed by atoms with Crippen molar-refractivity contribution in [3.8, 4) is 11.4 Å². The number of nitrogen functional groups attached to an aromatic ring is 1. The lowest BCUT2D eigenvalue weighted by molar-refractivity contribution is -0.117. The molecule has 3 aromatic rings. The van der Waals surface area contributed by atoms with E-state index in [9.17, 15) is 9.18 Å². The highest BCUT2D eigenvalue weighted by Crippen LogP contribution is 2.31. The molecule has 1 aliphatic rings. The molecule has 4 rings (SSSR count). The molecule has 1 amide bonds. The van der Waals surface area contributed by atoms with Crippen molar-refractivity contribution in [3.63, 3.8) is 0 Å². The second kappa shape index (κ2) is 7.03. The molecule has 0 spiro atoms. The first-order chi connectivity index (χ1) is 13.0. The van der Waals surface area contributed by atoms with Gasteiger partial charge in [-0.05, 0) is 37.1 Å². The van der Waals surface area contributed by atoms with Crippen molar-refractivity contribution in [2.45, 2.75) is 23.8 Å². The molecule has 27 heavy (non-hydrogen) atoms. The minimum Gasteiger partial charge on any atom is -0.335 e. The maximum atomic E-state index is 13.4. The van der Waals surface area contributed by atoms with Gasteiger partial charge in [-0.1, -0.05) is 42.1 Å². The molecule has 1 aliphatic heterocycles. The molecule has 0 saturated carbocycles. The van der Waals surface area contributed by atoms with Gasteiger partial charge in [0, 0.05) is 17.8 Å². The van der Waals surface area contributed by atoms with Crippen LogP contribution in [0.3, 0.4) is 0 Å². The lowest BCUT2D eigenvalue weighted by Crippen LogP contribution is -2.35. The standard InChI is InChI=1S/C19H18FN5OS/c1-12(18(26)24-10-9-13-5-2-3-8-16(13)24)27-19-23-22-17(25(19)21)14-6-4-7-15(20)11-14/h2-8,11-12H,9-10,21H2,1H3/t12-/m1/s1. The molecular weight excluding hydrogens is 365 g/mol. The number of nitrogens with two attached hydrogens (primary N) is 1. The number of hydrogen-bond donors (Lipinski definition) is 1. The Kier molecular flexibility index (Phi) is 4.57.